The van der Waals surface area contributed by atoms with Crippen molar-refractivity contribution < 1.29 is 9.53 Å². The van der Waals surface area contributed by atoms with Gasteiger partial charge >= 0.3 is 5.97 Å². The zero-order valence-corrected chi connectivity index (χ0v) is 18.4. The Hall–Kier alpha value is -2.35. The van der Waals surface area contributed by atoms with Crippen molar-refractivity contribution in [3.8, 4) is 11.5 Å². The van der Waals surface area contributed by atoms with E-state index in [1.807, 2.05) is 36.4 Å². The summed E-state index contributed by atoms with van der Waals surface area (Å²) in [5.74, 6) is 3.14. The zero-order valence-electron chi connectivity index (χ0n) is 17.4. The van der Waals surface area contributed by atoms with E-state index in [-0.39, 0.29) is 12.0 Å². The number of ether oxygens (including phenoxy) is 1. The van der Waals surface area contributed by atoms with Crippen LogP contribution in [0.25, 0.3) is 0 Å². The Bertz CT molecular complexity index is 788. The van der Waals surface area contributed by atoms with Gasteiger partial charge in [0, 0.05) is 19.5 Å². The number of esters is 1. The second-order valence-corrected chi connectivity index (χ2v) is 12.7. The molecule has 0 radical (unpaired) electrons. The van der Waals surface area contributed by atoms with E-state index in [2.05, 4.69) is 60.3 Å². The quantitative estimate of drug-likeness (QED) is 0.374. The number of hydrogen-bond acceptors (Lipinski definition) is 3. The number of nitrogens with zero attached hydrogens (tertiary/aromatic N) is 1. The molecule has 0 fully saturated rings. The third-order valence-corrected chi connectivity index (χ3v) is 5.33. The third-order valence-electron chi connectivity index (χ3n) is 4.40. The summed E-state index contributed by atoms with van der Waals surface area (Å²) in [5.41, 5.74) is 5.73. The average Bonchev–Trinajstić information content (AvgIpc) is 2.69. The zero-order chi connectivity index (χ0) is 20.4. The first-order valence-electron chi connectivity index (χ1n) is 9.79. The van der Waals surface area contributed by atoms with E-state index in [0.29, 0.717) is 13.0 Å². The van der Waals surface area contributed by atoms with Crippen LogP contribution in [0, 0.1) is 11.5 Å². The van der Waals surface area contributed by atoms with Crippen LogP contribution >= 0.6 is 0 Å². The maximum absolute atomic E-state index is 12.6. The maximum atomic E-state index is 12.6. The van der Waals surface area contributed by atoms with Crippen LogP contribution in [0.2, 0.25) is 19.6 Å². The van der Waals surface area contributed by atoms with E-state index in [1.165, 1.54) is 12.7 Å². The molecule has 2 aromatic rings. The van der Waals surface area contributed by atoms with Gasteiger partial charge in [0.1, 0.15) is 14.1 Å². The van der Waals surface area contributed by atoms with Crippen LogP contribution in [0.5, 0.6) is 0 Å². The number of rotatable bonds is 8. The minimum Gasteiger partial charge on any atom is -0.468 e. The third kappa shape index (κ3) is 7.72. The highest BCUT2D eigenvalue weighted by Crippen LogP contribution is 2.15. The molecule has 0 aliphatic carbocycles. The average molecular weight is 394 g/mol. The Morgan fingerprint density at radius 3 is 2.11 bits per heavy atom. The number of hydrogen-bond donors (Lipinski definition) is 0. The van der Waals surface area contributed by atoms with E-state index in [9.17, 15) is 4.79 Å². The van der Waals surface area contributed by atoms with Crippen LogP contribution in [-0.4, -0.2) is 38.6 Å². The van der Waals surface area contributed by atoms with Gasteiger partial charge in [0.05, 0.1) is 7.11 Å². The van der Waals surface area contributed by atoms with Gasteiger partial charge in [0.15, 0.2) is 0 Å². The summed E-state index contributed by atoms with van der Waals surface area (Å²) in [6, 6.07) is 20.0. The lowest BCUT2D eigenvalue weighted by Gasteiger charge is -2.29. The molecule has 0 saturated heterocycles. The Balaban J connectivity index is 2.22. The van der Waals surface area contributed by atoms with Gasteiger partial charge < -0.3 is 4.74 Å². The molecule has 0 heterocycles. The maximum Gasteiger partial charge on any atom is 0.323 e. The fourth-order valence-corrected chi connectivity index (χ4v) is 3.68. The van der Waals surface area contributed by atoms with Crippen LogP contribution in [0.4, 0.5) is 0 Å². The first kappa shape index (κ1) is 21.9. The molecule has 2 aromatic carbocycles. The van der Waals surface area contributed by atoms with Crippen LogP contribution in [0.1, 0.15) is 17.5 Å². The lowest BCUT2D eigenvalue weighted by Crippen LogP contribution is -2.43. The van der Waals surface area contributed by atoms with E-state index in [0.717, 1.165) is 18.5 Å². The fourth-order valence-electron chi connectivity index (χ4n) is 3.03. The SMILES string of the molecule is COC(=O)[C@H](Cc1ccccc1)N(CCC#C[Si](C)(C)C)Cc1ccccc1. The molecular formula is C24H31NO2Si. The van der Waals surface area contributed by atoms with Crippen molar-refractivity contribution in [2.75, 3.05) is 13.7 Å². The normalized spacial score (nSPS) is 12.2. The number of benzene rings is 2. The molecule has 0 saturated carbocycles. The molecule has 0 aliphatic heterocycles. The Labute approximate surface area is 170 Å². The topological polar surface area (TPSA) is 29.5 Å². The number of carbonyl (C=O) groups excluding carboxylic acids is 1. The van der Waals surface area contributed by atoms with Crippen molar-refractivity contribution in [1.29, 1.82) is 0 Å². The van der Waals surface area contributed by atoms with Gasteiger partial charge in [-0.3, -0.25) is 9.69 Å². The summed E-state index contributed by atoms with van der Waals surface area (Å²) in [7, 11) is 0.0729. The molecule has 3 nitrogen and oxygen atoms in total. The first-order valence-corrected chi connectivity index (χ1v) is 13.3. The fraction of sp³-hybridized carbons (Fsp3) is 0.375. The van der Waals surface area contributed by atoms with E-state index >= 15 is 0 Å². The van der Waals surface area contributed by atoms with Crippen molar-refractivity contribution in [2.24, 2.45) is 0 Å². The van der Waals surface area contributed by atoms with Gasteiger partial charge in [-0.2, -0.15) is 0 Å². The second-order valence-electron chi connectivity index (χ2n) is 7.99. The number of methoxy groups -OCH3 is 1. The van der Waals surface area contributed by atoms with Crippen LogP contribution < -0.4 is 0 Å². The first-order chi connectivity index (χ1) is 13.4. The van der Waals surface area contributed by atoms with E-state index in [1.54, 1.807) is 0 Å². The van der Waals surface area contributed by atoms with Gasteiger partial charge in [-0.25, -0.2) is 0 Å². The predicted molar refractivity (Wildman–Crippen MR) is 119 cm³/mol. The summed E-state index contributed by atoms with van der Waals surface area (Å²) in [6.45, 7) is 8.16. The summed E-state index contributed by atoms with van der Waals surface area (Å²) in [4.78, 5) is 14.8. The molecule has 28 heavy (non-hydrogen) atoms. The molecule has 0 amide bonds. The van der Waals surface area contributed by atoms with Crippen LogP contribution in [0.15, 0.2) is 60.7 Å². The van der Waals surface area contributed by atoms with Gasteiger partial charge in [0.25, 0.3) is 0 Å². The Morgan fingerprint density at radius 1 is 1.00 bits per heavy atom. The van der Waals surface area contributed by atoms with Gasteiger partial charge in [0.2, 0.25) is 0 Å². The Morgan fingerprint density at radius 2 is 1.57 bits per heavy atom. The molecule has 0 aromatic heterocycles. The summed E-state index contributed by atoms with van der Waals surface area (Å²) in [6.07, 6.45) is 1.38. The summed E-state index contributed by atoms with van der Waals surface area (Å²) >= 11 is 0. The molecule has 1 atom stereocenters. The highest BCUT2D eigenvalue weighted by atomic mass is 28.3. The minimum absolute atomic E-state index is 0.196. The lowest BCUT2D eigenvalue weighted by atomic mass is 10.0. The molecular weight excluding hydrogens is 362 g/mol. The molecule has 2 rings (SSSR count). The monoisotopic (exact) mass is 393 g/mol. The van der Waals surface area contributed by atoms with Crippen molar-refractivity contribution in [1.82, 2.24) is 4.90 Å². The molecule has 0 aliphatic rings. The molecule has 148 valence electrons. The Kier molecular flexibility index (Phi) is 8.50. The van der Waals surface area contributed by atoms with Crippen LogP contribution in [0.3, 0.4) is 0 Å². The predicted octanol–water partition coefficient (Wildman–Crippen LogP) is 4.54. The van der Waals surface area contributed by atoms with Crippen LogP contribution in [-0.2, 0) is 22.5 Å². The van der Waals surface area contributed by atoms with Gasteiger partial charge in [-0.15, -0.1) is 11.5 Å². The van der Waals surface area contributed by atoms with Gasteiger partial charge in [-0.05, 0) is 17.5 Å². The molecule has 0 spiro atoms. The second kappa shape index (κ2) is 10.8. The molecule has 0 N–H and O–H groups in total. The van der Waals surface area contributed by atoms with Crippen molar-refractivity contribution in [3.63, 3.8) is 0 Å². The summed E-state index contributed by atoms with van der Waals surface area (Å²) < 4.78 is 5.15. The molecule has 4 heteroatoms. The van der Waals surface area contributed by atoms with Crippen molar-refractivity contribution in [3.05, 3.63) is 71.8 Å². The molecule has 0 bridgehead atoms. The highest BCUT2D eigenvalue weighted by Gasteiger charge is 2.27. The van der Waals surface area contributed by atoms with Crippen molar-refractivity contribution in [2.45, 2.75) is 45.1 Å². The van der Waals surface area contributed by atoms with Crippen molar-refractivity contribution >= 4 is 14.0 Å². The smallest absolute Gasteiger partial charge is 0.323 e. The highest BCUT2D eigenvalue weighted by molar-refractivity contribution is 6.83. The standard InChI is InChI=1S/C24H31NO2Si/c1-27-24(26)23(19-21-13-7-5-8-14-21)25(17-11-12-18-28(2,3)4)20-22-15-9-6-10-16-22/h5-10,13-16,23H,11,17,19-20H2,1-4H3/t23-/m0/s1. The summed E-state index contributed by atoms with van der Waals surface area (Å²) in [5, 5.41) is 0. The lowest BCUT2D eigenvalue weighted by molar-refractivity contribution is -0.147. The van der Waals surface area contributed by atoms with E-state index < -0.39 is 8.07 Å². The minimum atomic E-state index is -1.39. The van der Waals surface area contributed by atoms with E-state index in [4.69, 9.17) is 4.74 Å². The number of carbonyl (C=O) groups is 1. The van der Waals surface area contributed by atoms with Gasteiger partial charge in [-0.1, -0.05) is 80.3 Å². The molecule has 0 unspecified atom stereocenters. The largest absolute Gasteiger partial charge is 0.468 e.